The van der Waals surface area contributed by atoms with Gasteiger partial charge in [0.05, 0.1) is 22.5 Å². The maximum Gasteiger partial charge on any atom is 0.354 e. The minimum Gasteiger partial charge on any atom is -0.477 e. The molecule has 3 heterocycles. The molecule has 162 valence electrons. The fraction of sp³-hybridized carbons (Fsp3) is 0.458. The Labute approximate surface area is 182 Å². The normalized spacial score (nSPS) is 18.0. The summed E-state index contributed by atoms with van der Waals surface area (Å²) in [6, 6.07) is 12.2. The molecule has 1 saturated carbocycles. The third-order valence-corrected chi connectivity index (χ3v) is 6.74. The number of nitrogens with zero attached hydrogens (tertiary/aromatic N) is 5. The third kappa shape index (κ3) is 3.57. The van der Waals surface area contributed by atoms with Crippen LogP contribution in [0, 0.1) is 0 Å². The molecule has 2 aliphatic rings. The number of benzene rings is 1. The maximum absolute atomic E-state index is 12.0. The molecule has 1 N–H and O–H groups in total. The zero-order valence-corrected chi connectivity index (χ0v) is 18.2. The molecule has 7 nitrogen and oxygen atoms in total. The van der Waals surface area contributed by atoms with Crippen molar-refractivity contribution in [1.29, 1.82) is 0 Å². The highest BCUT2D eigenvalue weighted by molar-refractivity contribution is 5.98. The SMILES string of the molecule is CC(C)N1CCN(c2cc(C(=O)O)nc3c2c(C2CCC2)nn3-c2ccccc2)CC1. The van der Waals surface area contributed by atoms with Crippen LogP contribution in [-0.4, -0.2) is 63.0 Å². The first-order valence-electron chi connectivity index (χ1n) is 11.2. The molecule has 31 heavy (non-hydrogen) atoms. The van der Waals surface area contributed by atoms with Gasteiger partial charge in [0.1, 0.15) is 0 Å². The number of fused-ring (bicyclic) bond motifs is 1. The molecule has 1 aliphatic carbocycles. The van der Waals surface area contributed by atoms with Gasteiger partial charge in [-0.2, -0.15) is 5.10 Å². The van der Waals surface area contributed by atoms with Crippen molar-refractivity contribution in [3.05, 3.63) is 47.8 Å². The van der Waals surface area contributed by atoms with E-state index in [-0.39, 0.29) is 5.69 Å². The summed E-state index contributed by atoms with van der Waals surface area (Å²) >= 11 is 0. The summed E-state index contributed by atoms with van der Waals surface area (Å²) in [5.74, 6) is -0.587. The summed E-state index contributed by atoms with van der Waals surface area (Å²) in [4.78, 5) is 21.3. The molecule has 5 rings (SSSR count). The van der Waals surface area contributed by atoms with E-state index < -0.39 is 5.97 Å². The Morgan fingerprint density at radius 1 is 1.10 bits per heavy atom. The van der Waals surface area contributed by atoms with Crippen LogP contribution in [0.5, 0.6) is 0 Å². The maximum atomic E-state index is 12.0. The number of pyridine rings is 1. The molecule has 2 fully saturated rings. The van der Waals surface area contributed by atoms with Gasteiger partial charge in [-0.1, -0.05) is 24.6 Å². The second-order valence-corrected chi connectivity index (χ2v) is 8.91. The lowest BCUT2D eigenvalue weighted by Gasteiger charge is -2.38. The van der Waals surface area contributed by atoms with Crippen LogP contribution in [0.25, 0.3) is 16.7 Å². The molecule has 0 unspecified atom stereocenters. The molecule has 0 bridgehead atoms. The molecule has 1 aliphatic heterocycles. The van der Waals surface area contributed by atoms with Crippen LogP contribution in [0.4, 0.5) is 5.69 Å². The van der Waals surface area contributed by atoms with Crippen molar-refractivity contribution in [3.63, 3.8) is 0 Å². The van der Waals surface area contributed by atoms with Crippen LogP contribution in [0.3, 0.4) is 0 Å². The highest BCUT2D eigenvalue weighted by atomic mass is 16.4. The molecular formula is C24H29N5O2. The highest BCUT2D eigenvalue weighted by Gasteiger charge is 2.31. The number of piperazine rings is 1. The predicted molar refractivity (Wildman–Crippen MR) is 121 cm³/mol. The van der Waals surface area contributed by atoms with Gasteiger partial charge in [-0.15, -0.1) is 0 Å². The summed E-state index contributed by atoms with van der Waals surface area (Å²) < 4.78 is 1.84. The minimum atomic E-state index is -1.00. The molecule has 2 aromatic heterocycles. The number of rotatable bonds is 5. The Bertz CT molecular complexity index is 1100. The average Bonchev–Trinajstić information content (AvgIpc) is 3.11. The van der Waals surface area contributed by atoms with E-state index in [2.05, 4.69) is 28.6 Å². The standard InChI is InChI=1S/C24H29N5O2/c1-16(2)27-11-13-28(14-12-27)20-15-19(24(30)31)25-23-21(20)22(17-7-6-8-17)26-29(23)18-9-4-3-5-10-18/h3-5,9-10,15-17H,6-8,11-14H2,1-2H3,(H,30,31). The lowest BCUT2D eigenvalue weighted by molar-refractivity contribution is 0.0691. The van der Waals surface area contributed by atoms with Crippen LogP contribution in [0.15, 0.2) is 36.4 Å². The number of carboxylic acid groups (broad SMARTS) is 1. The zero-order chi connectivity index (χ0) is 21.5. The summed E-state index contributed by atoms with van der Waals surface area (Å²) in [7, 11) is 0. The Hall–Kier alpha value is -2.93. The van der Waals surface area contributed by atoms with E-state index >= 15 is 0 Å². The fourth-order valence-electron chi connectivity index (χ4n) is 4.68. The van der Waals surface area contributed by atoms with Gasteiger partial charge in [0.2, 0.25) is 0 Å². The Morgan fingerprint density at radius 3 is 2.39 bits per heavy atom. The first kappa shape index (κ1) is 20.0. The van der Waals surface area contributed by atoms with Crippen molar-refractivity contribution < 1.29 is 9.90 Å². The monoisotopic (exact) mass is 419 g/mol. The smallest absolute Gasteiger partial charge is 0.354 e. The average molecular weight is 420 g/mol. The zero-order valence-electron chi connectivity index (χ0n) is 18.2. The quantitative estimate of drug-likeness (QED) is 0.676. The highest BCUT2D eigenvalue weighted by Crippen LogP contribution is 2.42. The van der Waals surface area contributed by atoms with Gasteiger partial charge in [0, 0.05) is 38.1 Å². The topological polar surface area (TPSA) is 74.5 Å². The molecular weight excluding hydrogens is 390 g/mol. The van der Waals surface area contributed by atoms with Crippen LogP contribution in [-0.2, 0) is 0 Å². The lowest BCUT2D eigenvalue weighted by atomic mass is 9.82. The Morgan fingerprint density at radius 2 is 1.81 bits per heavy atom. The molecule has 1 saturated heterocycles. The van der Waals surface area contributed by atoms with Crippen molar-refractivity contribution in [2.24, 2.45) is 0 Å². The first-order valence-corrected chi connectivity index (χ1v) is 11.2. The van der Waals surface area contributed by atoms with Gasteiger partial charge in [-0.25, -0.2) is 14.5 Å². The van der Waals surface area contributed by atoms with Crippen molar-refractivity contribution in [1.82, 2.24) is 19.7 Å². The number of carboxylic acids is 1. The van der Waals surface area contributed by atoms with Crippen molar-refractivity contribution in [3.8, 4) is 5.69 Å². The summed E-state index contributed by atoms with van der Waals surface area (Å²) in [5, 5.41) is 15.8. The van der Waals surface area contributed by atoms with E-state index in [4.69, 9.17) is 5.10 Å². The summed E-state index contributed by atoms with van der Waals surface area (Å²) in [6.45, 7) is 8.13. The molecule has 1 aromatic carbocycles. The molecule has 0 atom stereocenters. The first-order chi connectivity index (χ1) is 15.0. The van der Waals surface area contributed by atoms with E-state index in [1.807, 2.05) is 35.0 Å². The van der Waals surface area contributed by atoms with E-state index in [0.29, 0.717) is 17.6 Å². The van der Waals surface area contributed by atoms with Gasteiger partial charge in [0.25, 0.3) is 0 Å². The molecule has 0 amide bonds. The second-order valence-electron chi connectivity index (χ2n) is 8.91. The fourth-order valence-corrected chi connectivity index (χ4v) is 4.68. The van der Waals surface area contributed by atoms with Crippen molar-refractivity contribution in [2.45, 2.75) is 45.1 Å². The van der Waals surface area contributed by atoms with Gasteiger partial charge in [0.15, 0.2) is 11.3 Å². The molecule has 0 radical (unpaired) electrons. The lowest BCUT2D eigenvalue weighted by Crippen LogP contribution is -2.49. The predicted octanol–water partition coefficient (Wildman–Crippen LogP) is 3.92. The number of para-hydroxylation sites is 1. The van der Waals surface area contributed by atoms with Gasteiger partial charge in [-0.05, 0) is 44.9 Å². The number of anilines is 1. The molecule has 7 heteroatoms. The van der Waals surface area contributed by atoms with Crippen LogP contribution < -0.4 is 4.90 Å². The number of carbonyl (C=O) groups is 1. The summed E-state index contributed by atoms with van der Waals surface area (Å²) in [5.41, 5.74) is 3.66. The van der Waals surface area contributed by atoms with Gasteiger partial charge >= 0.3 is 5.97 Å². The van der Waals surface area contributed by atoms with E-state index in [1.165, 1.54) is 6.42 Å². The Kier molecular flexibility index (Phi) is 5.14. The van der Waals surface area contributed by atoms with Crippen LogP contribution in [0.1, 0.15) is 55.2 Å². The number of hydrogen-bond donors (Lipinski definition) is 1. The van der Waals surface area contributed by atoms with E-state index in [9.17, 15) is 9.90 Å². The van der Waals surface area contributed by atoms with Crippen molar-refractivity contribution in [2.75, 3.05) is 31.1 Å². The third-order valence-electron chi connectivity index (χ3n) is 6.74. The van der Waals surface area contributed by atoms with E-state index in [1.54, 1.807) is 6.07 Å². The molecule has 3 aromatic rings. The van der Waals surface area contributed by atoms with Gasteiger partial charge in [-0.3, -0.25) is 4.90 Å². The minimum absolute atomic E-state index is 0.0750. The molecule has 0 spiro atoms. The van der Waals surface area contributed by atoms with E-state index in [0.717, 1.165) is 61.5 Å². The van der Waals surface area contributed by atoms with Crippen LogP contribution in [0.2, 0.25) is 0 Å². The Balaban J connectivity index is 1.69. The van der Waals surface area contributed by atoms with Crippen molar-refractivity contribution >= 4 is 22.7 Å². The number of aromatic nitrogens is 3. The largest absolute Gasteiger partial charge is 0.477 e. The summed E-state index contributed by atoms with van der Waals surface area (Å²) in [6.07, 6.45) is 3.47. The van der Waals surface area contributed by atoms with Gasteiger partial charge < -0.3 is 10.0 Å². The number of aromatic carboxylic acids is 1. The second kappa shape index (κ2) is 7.96. The number of hydrogen-bond acceptors (Lipinski definition) is 5. The van der Waals surface area contributed by atoms with Crippen LogP contribution >= 0.6 is 0 Å².